The third kappa shape index (κ3) is 3.51. The maximum absolute atomic E-state index is 12.6. The van der Waals surface area contributed by atoms with Gasteiger partial charge in [0.25, 0.3) is 5.91 Å². The first-order valence-corrected chi connectivity index (χ1v) is 9.09. The van der Waals surface area contributed by atoms with E-state index >= 15 is 0 Å². The van der Waals surface area contributed by atoms with Crippen LogP contribution in [0.5, 0.6) is 0 Å². The third-order valence-corrected chi connectivity index (χ3v) is 5.27. The highest BCUT2D eigenvalue weighted by Crippen LogP contribution is 2.28. The number of hydrogen-bond acceptors (Lipinski definition) is 4. The topological polar surface area (TPSA) is 74.6 Å². The van der Waals surface area contributed by atoms with Gasteiger partial charge in [-0.15, -0.1) is 0 Å². The predicted octanol–water partition coefficient (Wildman–Crippen LogP) is 2.73. The van der Waals surface area contributed by atoms with Gasteiger partial charge in [0.15, 0.2) is 5.76 Å². The number of rotatable bonds is 4. The van der Waals surface area contributed by atoms with Crippen LogP contribution in [0.4, 0.5) is 5.69 Å². The van der Waals surface area contributed by atoms with Crippen LogP contribution in [0.3, 0.4) is 0 Å². The van der Waals surface area contributed by atoms with Gasteiger partial charge in [-0.2, -0.15) is 0 Å². The fourth-order valence-corrected chi connectivity index (χ4v) is 3.94. The summed E-state index contributed by atoms with van der Waals surface area (Å²) >= 11 is 0. The molecular weight excluding hydrogens is 330 g/mol. The van der Waals surface area contributed by atoms with Crippen molar-refractivity contribution in [1.82, 2.24) is 10.2 Å². The van der Waals surface area contributed by atoms with Crippen molar-refractivity contribution in [3.8, 4) is 11.3 Å². The monoisotopic (exact) mass is 353 g/mol. The van der Waals surface area contributed by atoms with Crippen LogP contribution in [0.25, 0.3) is 11.3 Å². The highest BCUT2D eigenvalue weighted by Gasteiger charge is 2.35. The molecule has 0 saturated carbocycles. The lowest BCUT2D eigenvalue weighted by molar-refractivity contribution is -0.114. The molecule has 1 aromatic carbocycles. The Morgan fingerprint density at radius 2 is 1.96 bits per heavy atom. The van der Waals surface area contributed by atoms with Gasteiger partial charge in [-0.05, 0) is 56.1 Å². The molecule has 136 valence electrons. The van der Waals surface area contributed by atoms with Gasteiger partial charge >= 0.3 is 0 Å². The average molecular weight is 353 g/mol. The molecule has 26 heavy (non-hydrogen) atoms. The normalized spacial score (nSPS) is 24.3. The van der Waals surface area contributed by atoms with E-state index in [0.717, 1.165) is 38.0 Å². The summed E-state index contributed by atoms with van der Waals surface area (Å²) in [4.78, 5) is 26.2. The van der Waals surface area contributed by atoms with E-state index in [4.69, 9.17) is 4.42 Å². The first-order chi connectivity index (χ1) is 12.6. The molecule has 6 heteroatoms. The second kappa shape index (κ2) is 6.96. The van der Waals surface area contributed by atoms with Crippen molar-refractivity contribution in [1.29, 1.82) is 0 Å². The minimum Gasteiger partial charge on any atom is -0.451 e. The third-order valence-electron chi connectivity index (χ3n) is 5.27. The van der Waals surface area contributed by atoms with E-state index in [1.807, 2.05) is 24.3 Å². The Labute approximate surface area is 152 Å². The number of furan rings is 1. The molecule has 2 bridgehead atoms. The van der Waals surface area contributed by atoms with Gasteiger partial charge in [-0.1, -0.05) is 12.1 Å². The summed E-state index contributed by atoms with van der Waals surface area (Å²) in [6.07, 6.45) is 2.31. The molecule has 1 aromatic heterocycles. The number of benzene rings is 1. The molecule has 2 aromatic rings. The predicted molar refractivity (Wildman–Crippen MR) is 98.9 cm³/mol. The van der Waals surface area contributed by atoms with Crippen LogP contribution in [-0.2, 0) is 4.79 Å². The maximum Gasteiger partial charge on any atom is 0.287 e. The van der Waals surface area contributed by atoms with Crippen molar-refractivity contribution >= 4 is 17.5 Å². The molecule has 3 fully saturated rings. The second-order valence-electron chi connectivity index (χ2n) is 7.14. The number of carbonyl (C=O) groups excluding carboxylic acids is 2. The first-order valence-electron chi connectivity index (χ1n) is 9.09. The quantitative estimate of drug-likeness (QED) is 0.886. The van der Waals surface area contributed by atoms with Crippen molar-refractivity contribution < 1.29 is 14.0 Å². The Balaban J connectivity index is 1.46. The second-order valence-corrected chi connectivity index (χ2v) is 7.14. The molecule has 3 aliphatic heterocycles. The van der Waals surface area contributed by atoms with Gasteiger partial charge in [0.05, 0.1) is 0 Å². The number of fused-ring (bicyclic) bond motifs is 3. The molecule has 2 N–H and O–H groups in total. The zero-order valence-electron chi connectivity index (χ0n) is 14.8. The standard InChI is InChI=1S/C20H23N3O3/c1-13(24)21-16-4-2-3-15(11-16)18-5-6-19(26-18)20(25)22-17-12-23-9-7-14(17)8-10-23/h2-6,11,14,17H,7-10,12H2,1H3,(H,21,24)(H,22,25). The molecule has 0 spiro atoms. The van der Waals surface area contributed by atoms with Gasteiger partial charge in [0.1, 0.15) is 5.76 Å². The van der Waals surface area contributed by atoms with Crippen LogP contribution in [0, 0.1) is 5.92 Å². The van der Waals surface area contributed by atoms with Gasteiger partial charge < -0.3 is 20.0 Å². The van der Waals surface area contributed by atoms with Crippen LogP contribution >= 0.6 is 0 Å². The summed E-state index contributed by atoms with van der Waals surface area (Å²) in [5, 5.41) is 5.89. The fraction of sp³-hybridized carbons (Fsp3) is 0.400. The summed E-state index contributed by atoms with van der Waals surface area (Å²) in [6.45, 7) is 4.69. The van der Waals surface area contributed by atoms with E-state index in [2.05, 4.69) is 15.5 Å². The van der Waals surface area contributed by atoms with Crippen molar-refractivity contribution in [2.75, 3.05) is 25.0 Å². The molecule has 6 nitrogen and oxygen atoms in total. The van der Waals surface area contributed by atoms with Gasteiger partial charge in [0.2, 0.25) is 5.91 Å². The summed E-state index contributed by atoms with van der Waals surface area (Å²) < 4.78 is 5.77. The van der Waals surface area contributed by atoms with Crippen LogP contribution < -0.4 is 10.6 Å². The minimum absolute atomic E-state index is 0.126. The van der Waals surface area contributed by atoms with E-state index < -0.39 is 0 Å². The molecule has 5 rings (SSSR count). The minimum atomic E-state index is -0.159. The molecule has 3 aliphatic rings. The number of hydrogen-bond donors (Lipinski definition) is 2. The molecule has 0 radical (unpaired) electrons. The lowest BCUT2D eigenvalue weighted by atomic mass is 9.84. The van der Waals surface area contributed by atoms with Crippen LogP contribution in [0.1, 0.15) is 30.3 Å². The zero-order valence-corrected chi connectivity index (χ0v) is 14.8. The molecule has 0 aliphatic carbocycles. The number of amides is 2. The number of carbonyl (C=O) groups is 2. The van der Waals surface area contributed by atoms with Crippen molar-refractivity contribution in [3.63, 3.8) is 0 Å². The Morgan fingerprint density at radius 3 is 2.65 bits per heavy atom. The highest BCUT2D eigenvalue weighted by molar-refractivity contribution is 5.92. The van der Waals surface area contributed by atoms with Crippen LogP contribution in [0.15, 0.2) is 40.8 Å². The largest absolute Gasteiger partial charge is 0.451 e. The average Bonchev–Trinajstić information content (AvgIpc) is 3.13. The Kier molecular flexibility index (Phi) is 4.51. The Morgan fingerprint density at radius 1 is 1.15 bits per heavy atom. The van der Waals surface area contributed by atoms with Crippen LogP contribution in [-0.4, -0.2) is 42.4 Å². The van der Waals surface area contributed by atoms with Crippen LogP contribution in [0.2, 0.25) is 0 Å². The molecule has 1 atom stereocenters. The van der Waals surface area contributed by atoms with Gasteiger partial charge in [-0.3, -0.25) is 9.59 Å². The molecule has 4 heterocycles. The van der Waals surface area contributed by atoms with E-state index in [1.54, 1.807) is 12.1 Å². The van der Waals surface area contributed by atoms with E-state index in [9.17, 15) is 9.59 Å². The van der Waals surface area contributed by atoms with Crippen molar-refractivity contribution in [2.45, 2.75) is 25.8 Å². The zero-order chi connectivity index (χ0) is 18.1. The maximum atomic E-state index is 12.6. The van der Waals surface area contributed by atoms with Gasteiger partial charge in [-0.25, -0.2) is 0 Å². The number of piperidine rings is 3. The molecule has 1 unspecified atom stereocenters. The van der Waals surface area contributed by atoms with E-state index in [1.165, 1.54) is 6.92 Å². The number of nitrogens with one attached hydrogen (secondary N) is 2. The lowest BCUT2D eigenvalue weighted by Crippen LogP contribution is -2.57. The summed E-state index contributed by atoms with van der Waals surface area (Å²) in [5.74, 6) is 1.22. The highest BCUT2D eigenvalue weighted by atomic mass is 16.3. The van der Waals surface area contributed by atoms with E-state index in [0.29, 0.717) is 23.1 Å². The van der Waals surface area contributed by atoms with E-state index in [-0.39, 0.29) is 17.9 Å². The van der Waals surface area contributed by atoms with Crippen molar-refractivity contribution in [2.24, 2.45) is 5.92 Å². The molecular formula is C20H23N3O3. The molecule has 2 amide bonds. The smallest absolute Gasteiger partial charge is 0.287 e. The molecule has 3 saturated heterocycles. The summed E-state index contributed by atoms with van der Waals surface area (Å²) in [6, 6.07) is 11.1. The Hall–Kier alpha value is -2.60. The summed E-state index contributed by atoms with van der Waals surface area (Å²) in [5.41, 5.74) is 1.52. The fourth-order valence-electron chi connectivity index (χ4n) is 3.94. The SMILES string of the molecule is CC(=O)Nc1cccc(-c2ccc(C(=O)NC3CN4CCC3CC4)o2)c1. The Bertz CT molecular complexity index is 821. The van der Waals surface area contributed by atoms with Gasteiger partial charge in [0, 0.05) is 30.8 Å². The van der Waals surface area contributed by atoms with Crippen molar-refractivity contribution in [3.05, 3.63) is 42.2 Å². The lowest BCUT2D eigenvalue weighted by Gasteiger charge is -2.44. The summed E-state index contributed by atoms with van der Waals surface area (Å²) in [7, 11) is 0. The first kappa shape index (κ1) is 16.8. The number of anilines is 1. The number of nitrogens with zero attached hydrogens (tertiary/aromatic N) is 1.